The van der Waals surface area contributed by atoms with Gasteiger partial charge in [0.05, 0.1) is 11.6 Å². The first-order valence-electron chi connectivity index (χ1n) is 16.7. The molecule has 0 amide bonds. The summed E-state index contributed by atoms with van der Waals surface area (Å²) in [5.74, 6) is 1.50. The number of benzene rings is 2. The Morgan fingerprint density at radius 1 is 1.09 bits per heavy atom. The molecule has 9 heteroatoms. The minimum Gasteiger partial charge on any atom is -0.462 e. The van der Waals surface area contributed by atoms with Crippen molar-refractivity contribution in [2.24, 2.45) is 17.8 Å². The predicted molar refractivity (Wildman–Crippen MR) is 171 cm³/mol. The third-order valence-electron chi connectivity index (χ3n) is 10.6. The summed E-state index contributed by atoms with van der Waals surface area (Å²) in [5.41, 5.74) is 2.44. The zero-order chi connectivity index (χ0) is 31.4. The van der Waals surface area contributed by atoms with Gasteiger partial charge in [-0.2, -0.15) is 5.26 Å². The Labute approximate surface area is 266 Å². The normalized spacial score (nSPS) is 22.5. The lowest BCUT2D eigenvalue weighted by Crippen LogP contribution is -2.55. The molecule has 8 nitrogen and oxygen atoms in total. The summed E-state index contributed by atoms with van der Waals surface area (Å²) in [5, 5.41) is 17.8. The lowest BCUT2D eigenvalue weighted by molar-refractivity contribution is -0.152. The van der Waals surface area contributed by atoms with Crippen LogP contribution in [0.1, 0.15) is 69.3 Å². The van der Waals surface area contributed by atoms with E-state index >= 15 is 4.39 Å². The fourth-order valence-electron chi connectivity index (χ4n) is 8.38. The molecule has 3 fully saturated rings. The Balaban J connectivity index is 1.23. The van der Waals surface area contributed by atoms with Crippen LogP contribution in [-0.4, -0.2) is 64.5 Å². The van der Waals surface area contributed by atoms with E-state index in [-0.39, 0.29) is 29.7 Å². The molecule has 2 aliphatic heterocycles. The third kappa shape index (κ3) is 6.48. The Bertz CT molecular complexity index is 1490. The lowest BCUT2D eigenvalue weighted by Gasteiger charge is -2.51. The van der Waals surface area contributed by atoms with Crippen LogP contribution >= 0.6 is 0 Å². The number of nitriles is 1. The zero-order valence-corrected chi connectivity index (χ0v) is 26.6. The second kappa shape index (κ2) is 13.7. The van der Waals surface area contributed by atoms with Crippen molar-refractivity contribution in [1.29, 1.82) is 5.26 Å². The fraction of sp³-hybridized carbons (Fsp3) is 0.556. The lowest BCUT2D eigenvalue weighted by atomic mass is 9.58. The van der Waals surface area contributed by atoms with Crippen LogP contribution in [0.15, 0.2) is 54.9 Å². The molecular formula is C36H45FN6O2. The van der Waals surface area contributed by atoms with Crippen molar-refractivity contribution in [3.63, 3.8) is 0 Å². The summed E-state index contributed by atoms with van der Waals surface area (Å²) in [7, 11) is 0. The smallest absolute Gasteiger partial charge is 0.305 e. The summed E-state index contributed by atoms with van der Waals surface area (Å²) in [6.07, 6.45) is 7.50. The summed E-state index contributed by atoms with van der Waals surface area (Å²) >= 11 is 0. The highest BCUT2D eigenvalue weighted by atomic mass is 19.1. The van der Waals surface area contributed by atoms with E-state index in [0.717, 1.165) is 82.6 Å². The van der Waals surface area contributed by atoms with Gasteiger partial charge in [0.2, 0.25) is 0 Å². The number of halogens is 1. The van der Waals surface area contributed by atoms with Crippen LogP contribution in [0.4, 0.5) is 10.1 Å². The van der Waals surface area contributed by atoms with Crippen molar-refractivity contribution in [1.82, 2.24) is 19.7 Å². The summed E-state index contributed by atoms with van der Waals surface area (Å²) in [4.78, 5) is 17.6. The molecule has 6 rings (SSSR count). The van der Waals surface area contributed by atoms with E-state index in [1.807, 2.05) is 43.6 Å². The minimum absolute atomic E-state index is 0.0751. The van der Waals surface area contributed by atoms with Gasteiger partial charge < -0.3 is 19.1 Å². The van der Waals surface area contributed by atoms with Gasteiger partial charge in [-0.3, -0.25) is 4.79 Å². The van der Waals surface area contributed by atoms with E-state index in [0.29, 0.717) is 24.4 Å². The molecule has 1 saturated carbocycles. The van der Waals surface area contributed by atoms with Gasteiger partial charge in [0, 0.05) is 62.0 Å². The van der Waals surface area contributed by atoms with Gasteiger partial charge in [0.1, 0.15) is 24.1 Å². The second-order valence-corrected chi connectivity index (χ2v) is 13.2. The maximum absolute atomic E-state index is 15.0. The number of aromatic nitrogens is 3. The highest BCUT2D eigenvalue weighted by molar-refractivity contribution is 5.69. The first-order valence-corrected chi connectivity index (χ1v) is 16.7. The van der Waals surface area contributed by atoms with Crippen LogP contribution in [0, 0.1) is 34.9 Å². The highest BCUT2D eigenvalue weighted by Crippen LogP contribution is 2.52. The molecule has 0 spiro atoms. The van der Waals surface area contributed by atoms with Crippen LogP contribution in [0.5, 0.6) is 0 Å². The molecule has 0 N–H and O–H groups in total. The molecule has 2 aromatic carbocycles. The number of likely N-dealkylation sites (tertiary alicyclic amines) is 1. The number of carbonyl (C=O) groups is 1. The van der Waals surface area contributed by atoms with Crippen LogP contribution in [0.25, 0.3) is 0 Å². The third-order valence-corrected chi connectivity index (χ3v) is 10.6. The SMILES string of the molecule is CCC(=O)O[C@H]1CCC[C@@H]1[C@@](Cn1cnnc1CC)(c1cccc(F)c1)C1CCN(CC2CN(c3ccc(C#N)cc3)C2)CC1. The van der Waals surface area contributed by atoms with Crippen LogP contribution in [-0.2, 0) is 27.9 Å². The van der Waals surface area contributed by atoms with E-state index in [2.05, 4.69) is 43.6 Å². The Morgan fingerprint density at radius 2 is 1.87 bits per heavy atom. The second-order valence-electron chi connectivity index (χ2n) is 13.2. The molecule has 3 atom stereocenters. The quantitative estimate of drug-likeness (QED) is 0.255. The zero-order valence-electron chi connectivity index (χ0n) is 26.6. The van der Waals surface area contributed by atoms with Gasteiger partial charge in [0.15, 0.2) is 0 Å². The number of esters is 1. The van der Waals surface area contributed by atoms with E-state index in [1.165, 1.54) is 11.8 Å². The summed E-state index contributed by atoms with van der Waals surface area (Å²) in [6, 6.07) is 17.2. The maximum Gasteiger partial charge on any atom is 0.305 e. The first kappa shape index (κ1) is 31.2. The van der Waals surface area contributed by atoms with Crippen molar-refractivity contribution < 1.29 is 13.9 Å². The molecule has 3 heterocycles. The Morgan fingerprint density at radius 3 is 2.56 bits per heavy atom. The molecule has 1 aliphatic carbocycles. The molecule has 2 saturated heterocycles. The molecule has 0 unspecified atom stereocenters. The average molecular weight is 613 g/mol. The molecule has 45 heavy (non-hydrogen) atoms. The number of hydrogen-bond acceptors (Lipinski definition) is 7. The van der Waals surface area contributed by atoms with Gasteiger partial charge in [-0.1, -0.05) is 26.0 Å². The van der Waals surface area contributed by atoms with Gasteiger partial charge in [-0.25, -0.2) is 4.39 Å². The Hall–Kier alpha value is -3.77. The van der Waals surface area contributed by atoms with E-state index < -0.39 is 5.41 Å². The van der Waals surface area contributed by atoms with E-state index in [1.54, 1.807) is 6.07 Å². The van der Waals surface area contributed by atoms with Crippen molar-refractivity contribution in [3.8, 4) is 6.07 Å². The number of piperidine rings is 1. The van der Waals surface area contributed by atoms with Gasteiger partial charge in [-0.15, -0.1) is 10.2 Å². The minimum atomic E-state index is -0.432. The number of carbonyl (C=O) groups excluding carboxylic acids is 1. The standard InChI is InChI=1S/C36H45FN6O2/c1-3-34-40-39-25-43(34)24-36(29-7-5-8-30(37)19-29,32-9-6-10-33(32)45-35(44)4-2)28-15-17-41(18-16-28)21-27-22-42(23-27)31-13-11-26(20-38)12-14-31/h5,7-8,11-14,19,25,27-28,32-33H,3-4,6,9-10,15-18,21-24H2,1-2H3/t32-,33-,36+/m0/s1. The van der Waals surface area contributed by atoms with Crippen molar-refractivity contribution >= 4 is 11.7 Å². The summed E-state index contributed by atoms with van der Waals surface area (Å²) < 4.78 is 23.4. The van der Waals surface area contributed by atoms with Gasteiger partial charge >= 0.3 is 5.97 Å². The van der Waals surface area contributed by atoms with E-state index in [4.69, 9.17) is 10.00 Å². The summed E-state index contributed by atoms with van der Waals surface area (Å²) in [6.45, 7) is 9.68. The van der Waals surface area contributed by atoms with Gasteiger partial charge in [-0.05, 0) is 93.1 Å². The molecule has 3 aromatic rings. The monoisotopic (exact) mass is 612 g/mol. The number of rotatable bonds is 11. The molecule has 3 aliphatic rings. The number of anilines is 1. The van der Waals surface area contributed by atoms with Gasteiger partial charge in [0.25, 0.3) is 0 Å². The number of aryl methyl sites for hydroxylation is 1. The van der Waals surface area contributed by atoms with Crippen molar-refractivity contribution in [3.05, 3.63) is 77.6 Å². The first-order chi connectivity index (χ1) is 21.9. The average Bonchev–Trinajstić information content (AvgIpc) is 3.71. The largest absolute Gasteiger partial charge is 0.462 e. The number of nitrogens with zero attached hydrogens (tertiary/aromatic N) is 6. The molecule has 0 bridgehead atoms. The molecular weight excluding hydrogens is 567 g/mol. The van der Waals surface area contributed by atoms with Crippen molar-refractivity contribution in [2.75, 3.05) is 37.6 Å². The van der Waals surface area contributed by atoms with Crippen LogP contribution in [0.3, 0.4) is 0 Å². The maximum atomic E-state index is 15.0. The van der Waals surface area contributed by atoms with Crippen molar-refractivity contribution in [2.45, 2.75) is 76.9 Å². The topological polar surface area (TPSA) is 87.3 Å². The van der Waals surface area contributed by atoms with Crippen LogP contribution < -0.4 is 4.90 Å². The molecule has 238 valence electrons. The van der Waals surface area contributed by atoms with E-state index in [9.17, 15) is 4.79 Å². The predicted octanol–water partition coefficient (Wildman–Crippen LogP) is 5.76. The number of hydrogen-bond donors (Lipinski definition) is 0. The molecule has 1 aromatic heterocycles. The number of ether oxygens (including phenoxy) is 1. The van der Waals surface area contributed by atoms with Crippen LogP contribution in [0.2, 0.25) is 0 Å². The highest BCUT2D eigenvalue weighted by Gasteiger charge is 2.53. The fourth-order valence-corrected chi connectivity index (χ4v) is 8.38. The Kier molecular flexibility index (Phi) is 9.50. The molecule has 0 radical (unpaired) electrons.